The van der Waals surface area contributed by atoms with Gasteiger partial charge in [-0.15, -0.1) is 12.3 Å². The summed E-state index contributed by atoms with van der Waals surface area (Å²) in [5, 5.41) is 15.5. The van der Waals surface area contributed by atoms with Gasteiger partial charge in [0.15, 0.2) is 11.5 Å². The van der Waals surface area contributed by atoms with Gasteiger partial charge in [-0.05, 0) is 37.1 Å². The van der Waals surface area contributed by atoms with Crippen molar-refractivity contribution in [2.24, 2.45) is 5.92 Å². The Labute approximate surface area is 248 Å². The first-order chi connectivity index (χ1) is 20.1. The highest BCUT2D eigenvalue weighted by atomic mass is 32.2. The van der Waals surface area contributed by atoms with Gasteiger partial charge in [0.05, 0.1) is 23.6 Å². The molecule has 0 bridgehead atoms. The largest absolute Gasteiger partial charge is 0.486 e. The number of hydrogen-bond donors (Lipinski definition) is 3. The molecule has 0 radical (unpaired) electrons. The summed E-state index contributed by atoms with van der Waals surface area (Å²) >= 11 is 0. The lowest BCUT2D eigenvalue weighted by Gasteiger charge is -2.37. The molecular formula is C30H40N4O7S. The van der Waals surface area contributed by atoms with Crippen molar-refractivity contribution < 1.29 is 32.6 Å². The molecule has 3 N–H and O–H groups in total. The fourth-order valence-corrected chi connectivity index (χ4v) is 6.20. The van der Waals surface area contributed by atoms with E-state index in [4.69, 9.17) is 15.9 Å². The number of aliphatic hydroxyl groups is 1. The Bertz CT molecular complexity index is 1350. The first kappa shape index (κ1) is 32.9. The Hall–Kier alpha value is -3.63. The molecule has 0 aliphatic carbocycles. The number of carbonyl (C=O) groups excluding carboxylic acids is 2. The standard InChI is InChI=1S/C30H40N4O7S/c1-5-6-12-30(37)34(32-29(36)19-31-4)25(17-23-10-8-7-9-11-23)26(35)21-33(20-22(2)3)42(38,39)24-13-14-27-28(18-24)41-16-15-40-27/h1,7-11,13-14,18,22,25-26,31,35H,6,12,15-17,19-21H2,2-4H3,(H,32,36)/t25-,26+/m0/s1. The highest BCUT2D eigenvalue weighted by Gasteiger charge is 2.36. The van der Waals surface area contributed by atoms with Crippen LogP contribution in [0.5, 0.6) is 11.5 Å². The van der Waals surface area contributed by atoms with Gasteiger partial charge in [0, 0.05) is 32.0 Å². The van der Waals surface area contributed by atoms with Crippen LogP contribution in [0, 0.1) is 18.3 Å². The summed E-state index contributed by atoms with van der Waals surface area (Å²) in [7, 11) is -2.52. The predicted molar refractivity (Wildman–Crippen MR) is 158 cm³/mol. The van der Waals surface area contributed by atoms with Gasteiger partial charge >= 0.3 is 0 Å². The minimum absolute atomic E-state index is 0.0107. The number of likely N-dealkylation sites (N-methyl/N-ethyl adjacent to an activating group) is 1. The number of sulfonamides is 1. The fraction of sp³-hybridized carbons (Fsp3) is 0.467. The zero-order valence-corrected chi connectivity index (χ0v) is 25.1. The molecule has 0 fully saturated rings. The van der Waals surface area contributed by atoms with Gasteiger partial charge in [0.1, 0.15) is 13.2 Å². The molecule has 0 unspecified atom stereocenters. The average molecular weight is 601 g/mol. The van der Waals surface area contributed by atoms with Crippen molar-refractivity contribution in [1.29, 1.82) is 0 Å². The van der Waals surface area contributed by atoms with Crippen LogP contribution in [0.25, 0.3) is 0 Å². The Kier molecular flexibility index (Phi) is 12.2. The van der Waals surface area contributed by atoms with E-state index in [1.807, 2.05) is 44.2 Å². The lowest BCUT2D eigenvalue weighted by atomic mass is 9.99. The molecule has 1 heterocycles. The number of amides is 2. The molecule has 0 spiro atoms. The van der Waals surface area contributed by atoms with Crippen LogP contribution >= 0.6 is 0 Å². The molecule has 3 rings (SSSR count). The van der Waals surface area contributed by atoms with E-state index in [0.29, 0.717) is 24.7 Å². The number of benzene rings is 2. The molecular weight excluding hydrogens is 560 g/mol. The first-order valence-corrected chi connectivity index (χ1v) is 15.3. The molecule has 1 aliphatic heterocycles. The highest BCUT2D eigenvalue weighted by Crippen LogP contribution is 2.33. The lowest BCUT2D eigenvalue weighted by Crippen LogP contribution is -2.60. The van der Waals surface area contributed by atoms with E-state index in [-0.39, 0.29) is 49.7 Å². The van der Waals surface area contributed by atoms with E-state index in [2.05, 4.69) is 16.7 Å². The van der Waals surface area contributed by atoms with Crippen LogP contribution in [-0.2, 0) is 26.0 Å². The third-order valence-corrected chi connectivity index (χ3v) is 8.34. The monoisotopic (exact) mass is 600 g/mol. The molecule has 12 heteroatoms. The van der Waals surface area contributed by atoms with Crippen LogP contribution in [0.15, 0.2) is 53.4 Å². The van der Waals surface area contributed by atoms with E-state index in [1.165, 1.54) is 16.4 Å². The second-order valence-corrected chi connectivity index (χ2v) is 12.3. The van der Waals surface area contributed by atoms with Crippen molar-refractivity contribution in [2.45, 2.75) is 50.2 Å². The fourth-order valence-electron chi connectivity index (χ4n) is 4.56. The molecule has 1 aliphatic rings. The zero-order chi connectivity index (χ0) is 30.7. The van der Waals surface area contributed by atoms with Gasteiger partial charge < -0.3 is 19.9 Å². The molecule has 0 saturated heterocycles. The van der Waals surface area contributed by atoms with Crippen LogP contribution in [0.2, 0.25) is 0 Å². The number of hydrazine groups is 1. The minimum atomic E-state index is -4.11. The van der Waals surface area contributed by atoms with E-state index in [0.717, 1.165) is 10.6 Å². The molecule has 2 atom stereocenters. The maximum atomic E-state index is 13.9. The number of nitrogens with zero attached hydrogens (tertiary/aromatic N) is 2. The van der Waals surface area contributed by atoms with Gasteiger partial charge in [0.2, 0.25) is 15.9 Å². The average Bonchev–Trinajstić information content (AvgIpc) is 2.97. The Morgan fingerprint density at radius 1 is 1.07 bits per heavy atom. The van der Waals surface area contributed by atoms with E-state index >= 15 is 0 Å². The molecule has 0 saturated carbocycles. The van der Waals surface area contributed by atoms with Crippen molar-refractivity contribution in [2.75, 3.05) is 39.9 Å². The second-order valence-electron chi connectivity index (χ2n) is 10.4. The van der Waals surface area contributed by atoms with Crippen LogP contribution in [0.4, 0.5) is 0 Å². The maximum absolute atomic E-state index is 13.9. The van der Waals surface area contributed by atoms with Crippen LogP contribution in [0.1, 0.15) is 32.3 Å². The Balaban J connectivity index is 1.99. The number of rotatable bonds is 14. The minimum Gasteiger partial charge on any atom is -0.486 e. The van der Waals surface area contributed by atoms with Crippen LogP contribution in [0.3, 0.4) is 0 Å². The molecule has 2 aromatic rings. The normalized spacial score (nSPS) is 14.2. The smallest absolute Gasteiger partial charge is 0.252 e. The quantitative estimate of drug-likeness (QED) is 0.220. The molecule has 0 aromatic heterocycles. The lowest BCUT2D eigenvalue weighted by molar-refractivity contribution is -0.147. The summed E-state index contributed by atoms with van der Waals surface area (Å²) < 4.78 is 40.2. The van der Waals surface area contributed by atoms with E-state index in [9.17, 15) is 23.1 Å². The summed E-state index contributed by atoms with van der Waals surface area (Å²) in [4.78, 5) is 25.9. The number of nitrogens with one attached hydrogen (secondary N) is 2. The number of carbonyl (C=O) groups is 2. The zero-order valence-electron chi connectivity index (χ0n) is 24.3. The van der Waals surface area contributed by atoms with Gasteiger partial charge in [0.25, 0.3) is 5.91 Å². The van der Waals surface area contributed by atoms with E-state index < -0.39 is 34.0 Å². The highest BCUT2D eigenvalue weighted by molar-refractivity contribution is 7.89. The topological polar surface area (TPSA) is 138 Å². The molecule has 2 amide bonds. The molecule has 42 heavy (non-hydrogen) atoms. The Morgan fingerprint density at radius 2 is 1.76 bits per heavy atom. The molecule has 228 valence electrons. The molecule has 11 nitrogen and oxygen atoms in total. The van der Waals surface area contributed by atoms with Crippen molar-refractivity contribution in [3.8, 4) is 23.8 Å². The number of ether oxygens (including phenoxy) is 2. The second kappa shape index (κ2) is 15.6. The van der Waals surface area contributed by atoms with Crippen LogP contribution in [-0.4, -0.2) is 86.7 Å². The predicted octanol–water partition coefficient (Wildman–Crippen LogP) is 1.57. The van der Waals surface area contributed by atoms with Gasteiger partial charge in [-0.25, -0.2) is 13.4 Å². The summed E-state index contributed by atoms with van der Waals surface area (Å²) in [5.74, 6) is 2.12. The van der Waals surface area contributed by atoms with Crippen molar-refractivity contribution >= 4 is 21.8 Å². The number of aliphatic hydroxyl groups excluding tert-OH is 1. The SMILES string of the molecule is C#CCCC(=O)N(NC(=O)CNC)[C@@H](Cc1ccccc1)[C@H](O)CN(CC(C)C)S(=O)(=O)c1ccc2c(c1)OCCO2. The first-order valence-electron chi connectivity index (χ1n) is 13.9. The third-order valence-electron chi connectivity index (χ3n) is 6.51. The number of fused-ring (bicyclic) bond motifs is 1. The van der Waals surface area contributed by atoms with Crippen LogP contribution < -0.4 is 20.2 Å². The Morgan fingerprint density at radius 3 is 2.40 bits per heavy atom. The summed E-state index contributed by atoms with van der Waals surface area (Å²) in [5.41, 5.74) is 3.38. The van der Waals surface area contributed by atoms with Gasteiger partial charge in [-0.2, -0.15) is 4.31 Å². The number of hydrogen-bond acceptors (Lipinski definition) is 8. The van der Waals surface area contributed by atoms with E-state index in [1.54, 1.807) is 13.1 Å². The maximum Gasteiger partial charge on any atom is 0.252 e. The van der Waals surface area contributed by atoms with Crippen molar-refractivity contribution in [3.05, 3.63) is 54.1 Å². The molecule has 2 aromatic carbocycles. The van der Waals surface area contributed by atoms with Crippen molar-refractivity contribution in [1.82, 2.24) is 20.1 Å². The van der Waals surface area contributed by atoms with Crippen molar-refractivity contribution in [3.63, 3.8) is 0 Å². The number of terminal acetylenes is 1. The third kappa shape index (κ3) is 8.93. The summed E-state index contributed by atoms with van der Waals surface area (Å²) in [6, 6.07) is 12.5. The summed E-state index contributed by atoms with van der Waals surface area (Å²) in [6.07, 6.45) is 4.20. The van der Waals surface area contributed by atoms with Gasteiger partial charge in [-0.3, -0.25) is 15.0 Å². The van der Waals surface area contributed by atoms with Gasteiger partial charge in [-0.1, -0.05) is 44.2 Å². The summed E-state index contributed by atoms with van der Waals surface area (Å²) in [6.45, 7) is 4.09.